The number of amides is 4. The molecule has 14 heteroatoms. The van der Waals surface area contributed by atoms with E-state index in [0.717, 1.165) is 0 Å². The molecule has 1 aliphatic rings. The first-order chi connectivity index (χ1) is 16.3. The lowest BCUT2D eigenvalue weighted by Gasteiger charge is -2.29. The number of nitrogens with one attached hydrogen (secondary N) is 2. The number of primary amides is 1. The van der Waals surface area contributed by atoms with E-state index in [2.05, 4.69) is 15.6 Å². The maximum absolute atomic E-state index is 13.2. The number of aliphatic carboxylic acids is 1. The standard InChI is InChI=1S/C21H38N8O6/c1-11(2)9-12(22)17(31)28-14(10-16(23)30)18(32)27-13(5-3-7-26-21(24)25)19(33)29-8-4-6-15(29)20(34)35/h11-15H,3-10,22H2,1-2H3,(H2,23,30)(H,27,32)(H,28,31)(H,34,35)(H4,24,25,26). The molecular weight excluding hydrogens is 460 g/mol. The summed E-state index contributed by atoms with van der Waals surface area (Å²) in [4.78, 5) is 66.8. The van der Waals surface area contributed by atoms with Crippen LogP contribution < -0.4 is 33.6 Å². The number of nitrogens with zero attached hydrogens (tertiary/aromatic N) is 2. The summed E-state index contributed by atoms with van der Waals surface area (Å²) in [6, 6.07) is -4.40. The maximum Gasteiger partial charge on any atom is 0.326 e. The second-order valence-corrected chi connectivity index (χ2v) is 9.01. The first-order valence-electron chi connectivity index (χ1n) is 11.6. The second kappa shape index (κ2) is 14.1. The van der Waals surface area contributed by atoms with Crippen molar-refractivity contribution in [1.82, 2.24) is 15.5 Å². The van der Waals surface area contributed by atoms with E-state index in [4.69, 9.17) is 22.9 Å². The van der Waals surface area contributed by atoms with Crippen LogP contribution in [0.15, 0.2) is 4.99 Å². The van der Waals surface area contributed by atoms with Crippen molar-refractivity contribution in [2.75, 3.05) is 13.1 Å². The molecule has 0 aromatic carbocycles. The van der Waals surface area contributed by atoms with E-state index < -0.39 is 60.2 Å². The molecule has 0 aromatic heterocycles. The van der Waals surface area contributed by atoms with Crippen LogP contribution in [0.2, 0.25) is 0 Å². The SMILES string of the molecule is CC(C)CC(N)C(=O)NC(CC(N)=O)C(=O)NC(CCCN=C(N)N)C(=O)N1CCCC1C(=O)O. The molecule has 0 radical (unpaired) electrons. The Morgan fingerprint density at radius 1 is 1.06 bits per heavy atom. The van der Waals surface area contributed by atoms with Crippen LogP contribution in [0.4, 0.5) is 0 Å². The molecule has 1 rings (SSSR count). The highest BCUT2D eigenvalue weighted by atomic mass is 16.4. The number of guanidine groups is 1. The number of carbonyl (C=O) groups excluding carboxylic acids is 4. The van der Waals surface area contributed by atoms with Crippen LogP contribution in [-0.4, -0.2) is 82.8 Å². The molecule has 1 fully saturated rings. The molecule has 0 bridgehead atoms. The summed E-state index contributed by atoms with van der Waals surface area (Å²) in [5.74, 6) is -4.04. The predicted molar refractivity (Wildman–Crippen MR) is 127 cm³/mol. The molecule has 0 aliphatic carbocycles. The Balaban J connectivity index is 3.04. The van der Waals surface area contributed by atoms with E-state index in [-0.39, 0.29) is 31.4 Å². The van der Waals surface area contributed by atoms with E-state index in [9.17, 15) is 29.1 Å². The van der Waals surface area contributed by atoms with Gasteiger partial charge in [-0.05, 0) is 38.0 Å². The van der Waals surface area contributed by atoms with Crippen molar-refractivity contribution < 1.29 is 29.1 Å². The summed E-state index contributed by atoms with van der Waals surface area (Å²) in [6.45, 7) is 4.15. The average Bonchev–Trinajstić information content (AvgIpc) is 3.24. The highest BCUT2D eigenvalue weighted by Gasteiger charge is 2.38. The van der Waals surface area contributed by atoms with E-state index in [1.54, 1.807) is 0 Å². The third-order valence-corrected chi connectivity index (χ3v) is 5.48. The zero-order valence-electron chi connectivity index (χ0n) is 20.2. The van der Waals surface area contributed by atoms with Gasteiger partial charge < -0.3 is 43.6 Å². The molecule has 4 atom stereocenters. The van der Waals surface area contributed by atoms with Crippen LogP contribution in [0.3, 0.4) is 0 Å². The molecule has 1 aliphatic heterocycles. The van der Waals surface area contributed by atoms with Crippen molar-refractivity contribution in [1.29, 1.82) is 0 Å². The first-order valence-corrected chi connectivity index (χ1v) is 11.6. The summed E-state index contributed by atoms with van der Waals surface area (Å²) in [5.41, 5.74) is 21.7. The fourth-order valence-electron chi connectivity index (χ4n) is 3.82. The molecule has 0 spiro atoms. The Bertz CT molecular complexity index is 814. The van der Waals surface area contributed by atoms with Gasteiger partial charge in [-0.25, -0.2) is 4.79 Å². The lowest BCUT2D eigenvalue weighted by molar-refractivity contribution is -0.149. The van der Waals surface area contributed by atoms with Gasteiger partial charge in [0.1, 0.15) is 18.1 Å². The summed E-state index contributed by atoms with van der Waals surface area (Å²) in [7, 11) is 0. The van der Waals surface area contributed by atoms with Crippen molar-refractivity contribution in [2.24, 2.45) is 33.8 Å². The molecule has 4 unspecified atom stereocenters. The minimum Gasteiger partial charge on any atom is -0.480 e. The van der Waals surface area contributed by atoms with Crippen molar-refractivity contribution in [3.8, 4) is 0 Å². The number of aliphatic imine (C=N–C) groups is 1. The molecule has 0 saturated carbocycles. The van der Waals surface area contributed by atoms with Gasteiger partial charge in [-0.2, -0.15) is 0 Å². The van der Waals surface area contributed by atoms with Crippen LogP contribution in [0, 0.1) is 5.92 Å². The predicted octanol–water partition coefficient (Wildman–Crippen LogP) is -2.67. The van der Waals surface area contributed by atoms with Gasteiger partial charge in [0.05, 0.1) is 12.5 Å². The van der Waals surface area contributed by atoms with Crippen molar-refractivity contribution >= 4 is 35.6 Å². The Morgan fingerprint density at radius 2 is 1.69 bits per heavy atom. The van der Waals surface area contributed by atoms with E-state index in [1.165, 1.54) is 4.90 Å². The highest BCUT2D eigenvalue weighted by molar-refractivity contribution is 5.96. The number of rotatable bonds is 14. The minimum atomic E-state index is -1.36. The lowest BCUT2D eigenvalue weighted by atomic mass is 10.0. The Hall–Kier alpha value is -3.42. The molecule has 11 N–H and O–H groups in total. The summed E-state index contributed by atoms with van der Waals surface area (Å²) in [5, 5.41) is 14.4. The fraction of sp³-hybridized carbons (Fsp3) is 0.714. The minimum absolute atomic E-state index is 0.0916. The van der Waals surface area contributed by atoms with Crippen molar-refractivity contribution in [3.05, 3.63) is 0 Å². The number of nitrogens with two attached hydrogens (primary N) is 4. The maximum atomic E-state index is 13.2. The van der Waals surface area contributed by atoms with Crippen LogP contribution in [0.25, 0.3) is 0 Å². The highest BCUT2D eigenvalue weighted by Crippen LogP contribution is 2.20. The van der Waals surface area contributed by atoms with Gasteiger partial charge in [0, 0.05) is 13.1 Å². The number of carboxylic acid groups (broad SMARTS) is 1. The van der Waals surface area contributed by atoms with Crippen LogP contribution in [0.1, 0.15) is 52.4 Å². The van der Waals surface area contributed by atoms with Crippen molar-refractivity contribution in [3.63, 3.8) is 0 Å². The van der Waals surface area contributed by atoms with Gasteiger partial charge >= 0.3 is 5.97 Å². The Morgan fingerprint density at radius 3 is 2.23 bits per heavy atom. The largest absolute Gasteiger partial charge is 0.480 e. The van der Waals surface area contributed by atoms with E-state index in [1.807, 2.05) is 13.8 Å². The number of hydrogen-bond donors (Lipinski definition) is 7. The third kappa shape index (κ3) is 10.2. The molecular formula is C21H38N8O6. The van der Waals surface area contributed by atoms with E-state index in [0.29, 0.717) is 25.7 Å². The molecule has 14 nitrogen and oxygen atoms in total. The number of carboxylic acids is 1. The van der Waals surface area contributed by atoms with Gasteiger partial charge in [-0.3, -0.25) is 24.2 Å². The average molecular weight is 499 g/mol. The number of carbonyl (C=O) groups is 5. The molecule has 1 saturated heterocycles. The van der Waals surface area contributed by atoms with E-state index >= 15 is 0 Å². The van der Waals surface area contributed by atoms with Crippen LogP contribution in [-0.2, 0) is 24.0 Å². The van der Waals surface area contributed by atoms with Gasteiger partial charge in [0.15, 0.2) is 5.96 Å². The molecule has 1 heterocycles. The van der Waals surface area contributed by atoms with Gasteiger partial charge in [0.2, 0.25) is 23.6 Å². The smallest absolute Gasteiger partial charge is 0.326 e. The zero-order chi connectivity index (χ0) is 26.7. The summed E-state index contributed by atoms with van der Waals surface area (Å²) < 4.78 is 0. The Labute approximate surface area is 204 Å². The summed E-state index contributed by atoms with van der Waals surface area (Å²) in [6.07, 6.45) is 1.03. The normalized spacial score (nSPS) is 17.8. The second-order valence-electron chi connectivity index (χ2n) is 9.01. The molecule has 0 aromatic rings. The monoisotopic (exact) mass is 498 g/mol. The lowest BCUT2D eigenvalue weighted by Crippen LogP contribution is -2.57. The molecule has 35 heavy (non-hydrogen) atoms. The first kappa shape index (κ1) is 29.6. The quantitative estimate of drug-likeness (QED) is 0.0748. The Kier molecular flexibility index (Phi) is 11.9. The van der Waals surface area contributed by atoms with Crippen LogP contribution in [0.5, 0.6) is 0 Å². The van der Waals surface area contributed by atoms with Crippen LogP contribution >= 0.6 is 0 Å². The summed E-state index contributed by atoms with van der Waals surface area (Å²) >= 11 is 0. The molecule has 198 valence electrons. The number of likely N-dealkylation sites (tertiary alicyclic amines) is 1. The topological polar surface area (TPSA) is 249 Å². The molecule has 4 amide bonds. The van der Waals surface area contributed by atoms with Crippen molar-refractivity contribution in [2.45, 2.75) is 76.5 Å². The van der Waals surface area contributed by atoms with Gasteiger partial charge in [-0.1, -0.05) is 13.8 Å². The fourth-order valence-corrected chi connectivity index (χ4v) is 3.82. The van der Waals surface area contributed by atoms with Gasteiger partial charge in [0.25, 0.3) is 0 Å². The number of hydrogen-bond acceptors (Lipinski definition) is 7. The third-order valence-electron chi connectivity index (χ3n) is 5.48. The zero-order valence-corrected chi connectivity index (χ0v) is 20.2. The van der Waals surface area contributed by atoms with Gasteiger partial charge in [-0.15, -0.1) is 0 Å².